The Kier molecular flexibility index (Phi) is 6.66. The minimum atomic E-state index is 0.696. The number of aromatic nitrogens is 3. The van der Waals surface area contributed by atoms with Gasteiger partial charge in [-0.25, -0.2) is 0 Å². The van der Waals surface area contributed by atoms with Crippen molar-refractivity contribution in [3.8, 4) is 34.3 Å². The number of benzene rings is 3. The molecule has 1 aromatic heterocycles. The average molecular weight is 448 g/mol. The minimum absolute atomic E-state index is 0.696. The molecular weight excluding hydrogens is 422 g/mol. The van der Waals surface area contributed by atoms with Gasteiger partial charge in [0.15, 0.2) is 11.0 Å². The highest BCUT2D eigenvalue weighted by Crippen LogP contribution is 2.35. The summed E-state index contributed by atoms with van der Waals surface area (Å²) in [7, 11) is 4.96. The van der Waals surface area contributed by atoms with Crippen LogP contribution in [0.5, 0.6) is 17.2 Å². The third-order valence-electron chi connectivity index (χ3n) is 5.15. The van der Waals surface area contributed by atoms with Crippen molar-refractivity contribution in [3.63, 3.8) is 0 Å². The van der Waals surface area contributed by atoms with Crippen LogP contribution in [-0.2, 0) is 5.75 Å². The molecule has 1 heterocycles. The first kappa shape index (κ1) is 21.8. The lowest BCUT2D eigenvalue weighted by atomic mass is 10.1. The molecule has 0 bridgehead atoms. The number of hydrogen-bond acceptors (Lipinski definition) is 6. The first-order chi connectivity index (χ1) is 15.6. The number of hydrogen-bond donors (Lipinski definition) is 0. The van der Waals surface area contributed by atoms with Crippen LogP contribution < -0.4 is 14.2 Å². The lowest BCUT2D eigenvalue weighted by Crippen LogP contribution is -2.02. The average Bonchev–Trinajstić information content (AvgIpc) is 3.26. The van der Waals surface area contributed by atoms with Gasteiger partial charge in [-0.05, 0) is 36.8 Å². The molecule has 7 heteroatoms. The van der Waals surface area contributed by atoms with Crippen molar-refractivity contribution in [3.05, 3.63) is 77.9 Å². The van der Waals surface area contributed by atoms with Gasteiger partial charge < -0.3 is 14.2 Å². The zero-order chi connectivity index (χ0) is 22.5. The van der Waals surface area contributed by atoms with E-state index >= 15 is 0 Å². The van der Waals surface area contributed by atoms with Crippen molar-refractivity contribution in [1.29, 1.82) is 0 Å². The molecule has 0 amide bonds. The molecule has 3 aromatic carbocycles. The van der Waals surface area contributed by atoms with E-state index in [0.717, 1.165) is 39.1 Å². The van der Waals surface area contributed by atoms with Gasteiger partial charge in [0.2, 0.25) is 0 Å². The van der Waals surface area contributed by atoms with E-state index < -0.39 is 0 Å². The van der Waals surface area contributed by atoms with Crippen LogP contribution in [0.4, 0.5) is 0 Å². The Morgan fingerprint density at radius 3 is 2.19 bits per heavy atom. The molecule has 0 aliphatic carbocycles. The summed E-state index contributed by atoms with van der Waals surface area (Å²) in [5.41, 5.74) is 4.12. The summed E-state index contributed by atoms with van der Waals surface area (Å²) in [5, 5.41) is 9.90. The van der Waals surface area contributed by atoms with Crippen molar-refractivity contribution in [2.24, 2.45) is 0 Å². The van der Waals surface area contributed by atoms with E-state index in [1.54, 1.807) is 33.1 Å². The molecule has 164 valence electrons. The zero-order valence-corrected chi connectivity index (χ0v) is 19.3. The Hall–Kier alpha value is -3.45. The molecule has 4 aromatic rings. The summed E-state index contributed by atoms with van der Waals surface area (Å²) in [6, 6.07) is 21.9. The van der Waals surface area contributed by atoms with E-state index in [9.17, 15) is 0 Å². The number of thioether (sulfide) groups is 1. The predicted molar refractivity (Wildman–Crippen MR) is 127 cm³/mol. The van der Waals surface area contributed by atoms with Crippen LogP contribution in [0.25, 0.3) is 17.1 Å². The fraction of sp³-hybridized carbons (Fsp3) is 0.200. The second-order valence-corrected chi connectivity index (χ2v) is 8.07. The van der Waals surface area contributed by atoms with Crippen LogP contribution in [0, 0.1) is 6.92 Å². The number of methoxy groups -OCH3 is 3. The van der Waals surface area contributed by atoms with Crippen molar-refractivity contribution in [2.45, 2.75) is 17.8 Å². The summed E-state index contributed by atoms with van der Waals surface area (Å²) in [5.74, 6) is 3.68. The molecule has 6 nitrogen and oxygen atoms in total. The maximum atomic E-state index is 5.51. The molecule has 4 rings (SSSR count). The van der Waals surface area contributed by atoms with Gasteiger partial charge in [-0.1, -0.05) is 48.2 Å². The van der Waals surface area contributed by atoms with Gasteiger partial charge in [0.25, 0.3) is 0 Å². The van der Waals surface area contributed by atoms with Gasteiger partial charge in [0.1, 0.15) is 17.2 Å². The van der Waals surface area contributed by atoms with E-state index in [0.29, 0.717) is 17.3 Å². The molecule has 0 radical (unpaired) electrons. The highest BCUT2D eigenvalue weighted by Gasteiger charge is 2.19. The predicted octanol–water partition coefficient (Wildman–Crippen LogP) is 5.56. The van der Waals surface area contributed by atoms with Crippen molar-refractivity contribution < 1.29 is 14.2 Å². The topological polar surface area (TPSA) is 58.4 Å². The summed E-state index contributed by atoms with van der Waals surface area (Å²) >= 11 is 1.62. The minimum Gasteiger partial charge on any atom is -0.497 e. The molecular formula is C25H25N3O3S. The highest BCUT2D eigenvalue weighted by molar-refractivity contribution is 7.98. The Morgan fingerprint density at radius 2 is 1.50 bits per heavy atom. The highest BCUT2D eigenvalue weighted by atomic mass is 32.2. The lowest BCUT2D eigenvalue weighted by Gasteiger charge is -2.14. The summed E-state index contributed by atoms with van der Waals surface area (Å²) in [6.45, 7) is 2.08. The molecule has 0 fully saturated rings. The van der Waals surface area contributed by atoms with E-state index in [2.05, 4.69) is 39.9 Å². The van der Waals surface area contributed by atoms with Gasteiger partial charge in [0, 0.05) is 22.9 Å². The van der Waals surface area contributed by atoms with Crippen LogP contribution in [-0.4, -0.2) is 36.1 Å². The number of aryl methyl sites for hydroxylation is 1. The van der Waals surface area contributed by atoms with Crippen molar-refractivity contribution >= 4 is 11.8 Å². The van der Waals surface area contributed by atoms with E-state index in [1.165, 1.54) is 0 Å². The summed E-state index contributed by atoms with van der Waals surface area (Å²) in [4.78, 5) is 0. The third-order valence-corrected chi connectivity index (χ3v) is 6.13. The smallest absolute Gasteiger partial charge is 0.196 e. The van der Waals surface area contributed by atoms with Crippen molar-refractivity contribution in [2.75, 3.05) is 21.3 Å². The molecule has 0 saturated carbocycles. The second-order valence-electron chi connectivity index (χ2n) is 7.13. The monoisotopic (exact) mass is 447 g/mol. The second kappa shape index (κ2) is 9.78. The summed E-state index contributed by atoms with van der Waals surface area (Å²) in [6.07, 6.45) is 0. The molecule has 0 unspecified atom stereocenters. The van der Waals surface area contributed by atoms with E-state index in [4.69, 9.17) is 14.2 Å². The third kappa shape index (κ3) is 4.43. The quantitative estimate of drug-likeness (QED) is 0.330. The van der Waals surface area contributed by atoms with E-state index in [-0.39, 0.29) is 0 Å². The Bertz CT molecular complexity index is 1200. The van der Waals surface area contributed by atoms with Crippen LogP contribution in [0.1, 0.15) is 11.1 Å². The SMILES string of the molecule is COc1cc(OC)cc(-c2nnc(SCc3ccccc3OC)n2-c2ccccc2C)c1. The summed E-state index contributed by atoms with van der Waals surface area (Å²) < 4.78 is 18.5. The fourth-order valence-electron chi connectivity index (χ4n) is 3.48. The fourth-order valence-corrected chi connectivity index (χ4v) is 4.42. The molecule has 0 saturated heterocycles. The zero-order valence-electron chi connectivity index (χ0n) is 18.5. The van der Waals surface area contributed by atoms with Crippen LogP contribution in [0.2, 0.25) is 0 Å². The van der Waals surface area contributed by atoms with Gasteiger partial charge >= 0.3 is 0 Å². The van der Waals surface area contributed by atoms with Crippen molar-refractivity contribution in [1.82, 2.24) is 14.8 Å². The normalized spacial score (nSPS) is 10.8. The van der Waals surface area contributed by atoms with E-state index in [1.807, 2.05) is 48.5 Å². The number of rotatable bonds is 8. The maximum Gasteiger partial charge on any atom is 0.196 e. The van der Waals surface area contributed by atoms with Crippen LogP contribution in [0.15, 0.2) is 71.9 Å². The van der Waals surface area contributed by atoms with Gasteiger partial charge in [-0.3, -0.25) is 4.57 Å². The molecule has 0 spiro atoms. The lowest BCUT2D eigenvalue weighted by molar-refractivity contribution is 0.394. The first-order valence-corrected chi connectivity index (χ1v) is 11.1. The van der Waals surface area contributed by atoms with Crippen LogP contribution in [0.3, 0.4) is 0 Å². The largest absolute Gasteiger partial charge is 0.497 e. The number of nitrogens with zero attached hydrogens (tertiary/aromatic N) is 3. The Morgan fingerprint density at radius 1 is 0.812 bits per heavy atom. The van der Waals surface area contributed by atoms with Gasteiger partial charge in [-0.2, -0.15) is 0 Å². The number of para-hydroxylation sites is 2. The Balaban J connectivity index is 1.81. The van der Waals surface area contributed by atoms with Gasteiger partial charge in [0.05, 0.1) is 27.0 Å². The van der Waals surface area contributed by atoms with Gasteiger partial charge in [-0.15, -0.1) is 10.2 Å². The molecule has 32 heavy (non-hydrogen) atoms. The first-order valence-electron chi connectivity index (χ1n) is 10.1. The molecule has 0 N–H and O–H groups in total. The van der Waals surface area contributed by atoms with Crippen LogP contribution >= 0.6 is 11.8 Å². The molecule has 0 atom stereocenters. The molecule has 0 aliphatic heterocycles. The Labute approximate surface area is 192 Å². The maximum absolute atomic E-state index is 5.51. The standard InChI is InChI=1S/C25H25N3O3S/c1-17-9-5-7-11-22(17)28-24(19-13-20(29-2)15-21(14-19)30-3)26-27-25(28)32-16-18-10-6-8-12-23(18)31-4/h5-15H,16H2,1-4H3. The number of ether oxygens (including phenoxy) is 3. The molecule has 0 aliphatic rings.